The average molecular weight is 364 g/mol. The SMILES string of the molecule is Cn1cc(-c2cc3c(ncc4cnn(C)c43)[nH]2)c2cc(C(=O)Cl)ccc21. The number of carbonyl (C=O) groups is 1. The highest BCUT2D eigenvalue weighted by molar-refractivity contribution is 6.67. The van der Waals surface area contributed by atoms with Crippen LogP contribution in [0.3, 0.4) is 0 Å². The molecule has 0 amide bonds. The standard InChI is InChI=1S/C19H14ClN5O/c1-24-9-14(12-5-10(18(20)26)3-4-16(12)24)15-6-13-17-11(8-22-25(17)2)7-21-19(13)23-15/h3-9H,1-2H3,(H,21,23). The van der Waals surface area contributed by atoms with Crippen LogP contribution in [0, 0.1) is 0 Å². The molecule has 0 aliphatic heterocycles. The summed E-state index contributed by atoms with van der Waals surface area (Å²) in [5, 5.41) is 6.83. The maximum Gasteiger partial charge on any atom is 0.252 e. The minimum absolute atomic E-state index is 0.461. The number of aromatic amines is 1. The number of H-pyrrole nitrogens is 1. The minimum atomic E-state index is -0.461. The van der Waals surface area contributed by atoms with Crippen LogP contribution >= 0.6 is 11.6 Å². The van der Waals surface area contributed by atoms with Crippen LogP contribution in [-0.4, -0.2) is 29.6 Å². The van der Waals surface area contributed by atoms with Crippen LogP contribution in [0.2, 0.25) is 0 Å². The van der Waals surface area contributed by atoms with Gasteiger partial charge in [0.1, 0.15) is 5.65 Å². The number of nitrogens with one attached hydrogen (secondary N) is 1. The molecule has 5 rings (SSSR count). The molecule has 0 bridgehead atoms. The number of halogens is 1. The fourth-order valence-electron chi connectivity index (χ4n) is 3.61. The van der Waals surface area contributed by atoms with E-state index in [2.05, 4.69) is 21.1 Å². The van der Waals surface area contributed by atoms with Gasteiger partial charge in [0.25, 0.3) is 5.24 Å². The maximum absolute atomic E-state index is 11.6. The number of aromatic nitrogens is 5. The summed E-state index contributed by atoms with van der Waals surface area (Å²) < 4.78 is 3.89. The van der Waals surface area contributed by atoms with Gasteiger partial charge in [-0.1, -0.05) is 0 Å². The third-order valence-electron chi connectivity index (χ3n) is 4.86. The third-order valence-corrected chi connectivity index (χ3v) is 5.08. The van der Waals surface area contributed by atoms with E-state index in [4.69, 9.17) is 11.6 Å². The van der Waals surface area contributed by atoms with Crippen molar-refractivity contribution >= 4 is 49.7 Å². The van der Waals surface area contributed by atoms with Crippen LogP contribution in [-0.2, 0) is 14.1 Å². The number of carbonyl (C=O) groups excluding carboxylic acids is 1. The Kier molecular flexibility index (Phi) is 3.02. The van der Waals surface area contributed by atoms with Gasteiger partial charge in [0.15, 0.2) is 0 Å². The molecule has 7 heteroatoms. The number of rotatable bonds is 2. The summed E-state index contributed by atoms with van der Waals surface area (Å²) in [6.07, 6.45) is 5.67. The van der Waals surface area contributed by atoms with Gasteiger partial charge in [-0.05, 0) is 35.9 Å². The predicted molar refractivity (Wildman–Crippen MR) is 102 cm³/mol. The van der Waals surface area contributed by atoms with E-state index >= 15 is 0 Å². The Morgan fingerprint density at radius 2 is 2.00 bits per heavy atom. The highest BCUT2D eigenvalue weighted by Crippen LogP contribution is 2.34. The van der Waals surface area contributed by atoms with Gasteiger partial charge in [-0.2, -0.15) is 5.10 Å². The molecule has 128 valence electrons. The molecule has 4 heterocycles. The minimum Gasteiger partial charge on any atom is -0.350 e. The Labute approximate surface area is 153 Å². The van der Waals surface area contributed by atoms with Crippen molar-refractivity contribution in [2.45, 2.75) is 0 Å². The summed E-state index contributed by atoms with van der Waals surface area (Å²) in [6, 6.07) is 7.57. The quantitative estimate of drug-likeness (QED) is 0.482. The summed E-state index contributed by atoms with van der Waals surface area (Å²) in [5.41, 5.74) is 5.28. The van der Waals surface area contributed by atoms with E-state index in [1.807, 2.05) is 54.1 Å². The Bertz CT molecular complexity index is 1340. The molecule has 0 unspecified atom stereocenters. The van der Waals surface area contributed by atoms with E-state index in [0.717, 1.165) is 44.1 Å². The second-order valence-corrected chi connectivity index (χ2v) is 6.78. The first-order valence-electron chi connectivity index (χ1n) is 8.11. The lowest BCUT2D eigenvalue weighted by Crippen LogP contribution is -1.89. The van der Waals surface area contributed by atoms with Gasteiger partial charge in [0.05, 0.1) is 11.7 Å². The molecule has 5 aromatic rings. The third kappa shape index (κ3) is 2.02. The Morgan fingerprint density at radius 3 is 2.81 bits per heavy atom. The van der Waals surface area contributed by atoms with Crippen LogP contribution in [0.4, 0.5) is 0 Å². The molecule has 1 N–H and O–H groups in total. The molecule has 26 heavy (non-hydrogen) atoms. The van der Waals surface area contributed by atoms with Gasteiger partial charge in [0, 0.05) is 65.0 Å². The first-order valence-corrected chi connectivity index (χ1v) is 8.49. The summed E-state index contributed by atoms with van der Waals surface area (Å²) in [5.74, 6) is 0. The van der Waals surface area contributed by atoms with Crippen molar-refractivity contribution < 1.29 is 4.79 Å². The maximum atomic E-state index is 11.6. The van der Waals surface area contributed by atoms with Crippen molar-refractivity contribution in [2.75, 3.05) is 0 Å². The van der Waals surface area contributed by atoms with Gasteiger partial charge in [0.2, 0.25) is 0 Å². The highest BCUT2D eigenvalue weighted by atomic mass is 35.5. The van der Waals surface area contributed by atoms with Crippen LogP contribution < -0.4 is 0 Å². The molecule has 0 saturated heterocycles. The van der Waals surface area contributed by atoms with Crippen molar-refractivity contribution in [1.82, 2.24) is 24.3 Å². The highest BCUT2D eigenvalue weighted by Gasteiger charge is 2.15. The average Bonchev–Trinajstić information content (AvgIpc) is 3.30. The monoisotopic (exact) mass is 363 g/mol. The van der Waals surface area contributed by atoms with Gasteiger partial charge < -0.3 is 9.55 Å². The van der Waals surface area contributed by atoms with E-state index in [1.54, 1.807) is 6.07 Å². The summed E-state index contributed by atoms with van der Waals surface area (Å²) in [6.45, 7) is 0. The molecule has 0 aliphatic rings. The van der Waals surface area contributed by atoms with Gasteiger partial charge in [-0.3, -0.25) is 9.48 Å². The topological polar surface area (TPSA) is 68.5 Å². The van der Waals surface area contributed by atoms with Crippen LogP contribution in [0.15, 0.2) is 42.9 Å². The number of aryl methyl sites for hydroxylation is 2. The van der Waals surface area contributed by atoms with E-state index in [9.17, 15) is 4.79 Å². The number of nitrogens with zero attached hydrogens (tertiary/aromatic N) is 4. The second-order valence-electron chi connectivity index (χ2n) is 6.43. The van der Waals surface area contributed by atoms with Crippen molar-refractivity contribution in [1.29, 1.82) is 0 Å². The number of hydrogen-bond donors (Lipinski definition) is 1. The lowest BCUT2D eigenvalue weighted by molar-refractivity contribution is 0.108. The van der Waals surface area contributed by atoms with E-state index in [0.29, 0.717) is 5.56 Å². The number of hydrogen-bond acceptors (Lipinski definition) is 3. The smallest absolute Gasteiger partial charge is 0.252 e. The molecular weight excluding hydrogens is 350 g/mol. The van der Waals surface area contributed by atoms with Crippen molar-refractivity contribution in [3.63, 3.8) is 0 Å². The summed E-state index contributed by atoms with van der Waals surface area (Å²) in [7, 11) is 3.90. The molecular formula is C19H14ClN5O. The van der Waals surface area contributed by atoms with E-state index in [1.165, 1.54) is 0 Å². The van der Waals surface area contributed by atoms with Crippen LogP contribution in [0.25, 0.3) is 44.1 Å². The lowest BCUT2D eigenvalue weighted by Gasteiger charge is -1.99. The first kappa shape index (κ1) is 15.2. The largest absolute Gasteiger partial charge is 0.350 e. The molecule has 0 saturated carbocycles. The molecule has 1 aromatic carbocycles. The Balaban J connectivity index is 1.82. The molecule has 0 atom stereocenters. The molecule has 0 spiro atoms. The number of benzene rings is 1. The van der Waals surface area contributed by atoms with Gasteiger partial charge in [-0.15, -0.1) is 0 Å². The van der Waals surface area contributed by atoms with Crippen molar-refractivity contribution in [3.05, 3.63) is 48.4 Å². The zero-order valence-corrected chi connectivity index (χ0v) is 14.9. The van der Waals surface area contributed by atoms with E-state index in [-0.39, 0.29) is 0 Å². The first-order chi connectivity index (χ1) is 12.5. The lowest BCUT2D eigenvalue weighted by atomic mass is 10.1. The normalized spacial score (nSPS) is 11.8. The molecule has 0 fully saturated rings. The molecule has 0 aliphatic carbocycles. The molecule has 4 aromatic heterocycles. The van der Waals surface area contributed by atoms with Gasteiger partial charge in [-0.25, -0.2) is 4.98 Å². The van der Waals surface area contributed by atoms with Crippen LogP contribution in [0.1, 0.15) is 10.4 Å². The Morgan fingerprint density at radius 1 is 1.15 bits per heavy atom. The predicted octanol–water partition coefficient (Wildman–Crippen LogP) is 3.99. The van der Waals surface area contributed by atoms with Crippen molar-refractivity contribution in [2.24, 2.45) is 14.1 Å². The zero-order valence-electron chi connectivity index (χ0n) is 14.1. The zero-order chi connectivity index (χ0) is 18.0. The summed E-state index contributed by atoms with van der Waals surface area (Å²) in [4.78, 5) is 19.5. The second kappa shape index (κ2) is 5.19. The summed E-state index contributed by atoms with van der Waals surface area (Å²) >= 11 is 5.67. The number of pyridine rings is 1. The molecule has 6 nitrogen and oxygen atoms in total. The van der Waals surface area contributed by atoms with E-state index < -0.39 is 5.24 Å². The fraction of sp³-hybridized carbons (Fsp3) is 0.105. The number of fused-ring (bicyclic) bond motifs is 4. The molecule has 0 radical (unpaired) electrons. The Hall–Kier alpha value is -3.12. The van der Waals surface area contributed by atoms with Gasteiger partial charge >= 0.3 is 0 Å². The van der Waals surface area contributed by atoms with Crippen molar-refractivity contribution in [3.8, 4) is 11.3 Å². The van der Waals surface area contributed by atoms with Crippen LogP contribution in [0.5, 0.6) is 0 Å². The fourth-order valence-corrected chi connectivity index (χ4v) is 3.73.